The van der Waals surface area contributed by atoms with Crippen molar-refractivity contribution in [2.24, 2.45) is 0 Å². The topological polar surface area (TPSA) is 145 Å². The molecule has 0 saturated carbocycles. The van der Waals surface area contributed by atoms with Crippen LogP contribution in [0.3, 0.4) is 0 Å². The Hall–Kier alpha value is -1.36. The minimum Gasteiger partial charge on any atom is -0.427 e. The molecule has 25 heavy (non-hydrogen) atoms. The average Bonchev–Trinajstić information content (AvgIpc) is 2.47. The molecule has 0 amide bonds. The molecule has 1 heterocycles. The fourth-order valence-corrected chi connectivity index (χ4v) is 4.66. The molecule has 1 aromatic carbocycles. The molecule has 2 rings (SSSR count). The van der Waals surface area contributed by atoms with Crippen LogP contribution in [0.5, 0.6) is 11.5 Å². The zero-order valence-corrected chi connectivity index (χ0v) is 15.4. The van der Waals surface area contributed by atoms with Crippen LogP contribution in [-0.2, 0) is 20.5 Å². The molecule has 10 heteroatoms. The summed E-state index contributed by atoms with van der Waals surface area (Å²) in [4.78, 5) is 23.3. The Morgan fingerprint density at radius 2 is 1.48 bits per heavy atom. The summed E-state index contributed by atoms with van der Waals surface area (Å²) in [6.07, 6.45) is 3.65. The van der Waals surface area contributed by atoms with Crippen molar-refractivity contribution in [2.45, 2.75) is 38.0 Å². The normalized spacial score (nSPS) is 15.0. The summed E-state index contributed by atoms with van der Waals surface area (Å²) in [5, 5.41) is 0. The summed E-state index contributed by atoms with van der Waals surface area (Å²) in [6, 6.07) is 5.22. The van der Waals surface area contributed by atoms with Gasteiger partial charge in [-0.05, 0) is 31.4 Å². The molecule has 0 radical (unpaired) electrons. The van der Waals surface area contributed by atoms with Gasteiger partial charge in [0.15, 0.2) is 5.75 Å². The SMILES string of the molecule is CC(=O)Oc1ccc(OC(C)=O)c([S+]2CCCCC2)c1.[O-][Cl+3]([O-])([O-])[O-]. The first-order chi connectivity index (χ1) is 11.6. The molecule has 1 aliphatic heterocycles. The van der Waals surface area contributed by atoms with Gasteiger partial charge in [-0.1, -0.05) is 0 Å². The maximum atomic E-state index is 11.2. The molecule has 8 nitrogen and oxygen atoms in total. The van der Waals surface area contributed by atoms with Crippen molar-refractivity contribution in [3.63, 3.8) is 0 Å². The molecule has 140 valence electrons. The van der Waals surface area contributed by atoms with E-state index in [2.05, 4.69) is 0 Å². The van der Waals surface area contributed by atoms with Crippen molar-refractivity contribution in [3.05, 3.63) is 18.2 Å². The van der Waals surface area contributed by atoms with Gasteiger partial charge in [0.25, 0.3) is 0 Å². The monoisotopic (exact) mass is 394 g/mol. The van der Waals surface area contributed by atoms with Crippen LogP contribution in [0, 0.1) is 10.2 Å². The van der Waals surface area contributed by atoms with Gasteiger partial charge >= 0.3 is 11.9 Å². The van der Waals surface area contributed by atoms with Gasteiger partial charge in [-0.2, -0.15) is 0 Å². The number of rotatable bonds is 3. The van der Waals surface area contributed by atoms with Crippen LogP contribution in [0.15, 0.2) is 23.1 Å². The summed E-state index contributed by atoms with van der Waals surface area (Å²) in [7, 11) is -4.87. The lowest BCUT2D eigenvalue weighted by Gasteiger charge is -2.17. The van der Waals surface area contributed by atoms with Crippen LogP contribution in [0.25, 0.3) is 0 Å². The number of carbonyl (C=O) groups excluding carboxylic acids is 2. The third kappa shape index (κ3) is 9.63. The molecular weight excluding hydrogens is 376 g/mol. The highest BCUT2D eigenvalue weighted by molar-refractivity contribution is 7.97. The number of hydrogen-bond acceptors (Lipinski definition) is 8. The van der Waals surface area contributed by atoms with Crippen LogP contribution >= 0.6 is 0 Å². The zero-order valence-electron chi connectivity index (χ0n) is 13.8. The molecule has 1 aliphatic rings. The smallest absolute Gasteiger partial charge is 0.308 e. The van der Waals surface area contributed by atoms with Crippen molar-refractivity contribution >= 4 is 22.8 Å². The van der Waals surface area contributed by atoms with Crippen molar-refractivity contribution in [3.8, 4) is 11.5 Å². The van der Waals surface area contributed by atoms with E-state index in [4.69, 9.17) is 28.1 Å². The van der Waals surface area contributed by atoms with Crippen LogP contribution in [-0.4, -0.2) is 23.4 Å². The third-order valence-corrected chi connectivity index (χ3v) is 5.53. The summed E-state index contributed by atoms with van der Waals surface area (Å²) in [6.45, 7) is 2.77. The van der Waals surface area contributed by atoms with Gasteiger partial charge in [-0.15, -0.1) is 10.2 Å². The van der Waals surface area contributed by atoms with Gasteiger partial charge in [0.05, 0.1) is 0 Å². The van der Waals surface area contributed by atoms with Crippen LogP contribution < -0.4 is 28.1 Å². The van der Waals surface area contributed by atoms with Crippen LogP contribution in [0.2, 0.25) is 0 Å². The van der Waals surface area contributed by atoms with E-state index in [1.807, 2.05) is 6.07 Å². The first-order valence-electron chi connectivity index (χ1n) is 7.36. The largest absolute Gasteiger partial charge is 0.427 e. The fraction of sp³-hybridized carbons (Fsp3) is 0.467. The Morgan fingerprint density at radius 1 is 0.960 bits per heavy atom. The Balaban J connectivity index is 0.000000550. The van der Waals surface area contributed by atoms with Gasteiger partial charge in [-0.25, -0.2) is 18.6 Å². The second kappa shape index (κ2) is 9.95. The maximum absolute atomic E-state index is 11.2. The molecule has 0 spiro atoms. The third-order valence-electron chi connectivity index (χ3n) is 3.02. The summed E-state index contributed by atoms with van der Waals surface area (Å²) in [5.74, 6) is 2.66. The first kappa shape index (κ1) is 21.7. The molecular formula is C15H19ClO8S. The number of esters is 2. The van der Waals surface area contributed by atoms with E-state index < -0.39 is 10.2 Å². The average molecular weight is 395 g/mol. The quantitative estimate of drug-likeness (QED) is 0.323. The predicted octanol–water partition coefficient (Wildman–Crippen LogP) is -2.06. The standard InChI is InChI=1S/C15H19O4S.ClHO4/c1-11(16)18-13-6-7-14(19-12(2)17)15(10-13)20-8-4-3-5-9-20;2-1(3,4)5/h6-7,10H,3-5,8-9H2,1-2H3;(H,2,3,4,5)/q+1;/p-1. The highest BCUT2D eigenvalue weighted by atomic mass is 35.7. The summed E-state index contributed by atoms with van der Waals surface area (Å²) >= 11 is 0. The first-order valence-corrected chi connectivity index (χ1v) is 10.2. The van der Waals surface area contributed by atoms with Gasteiger partial charge in [0.1, 0.15) is 17.3 Å². The number of ether oxygens (including phenoxy) is 2. The fourth-order valence-electron chi connectivity index (χ4n) is 2.23. The molecule has 0 aromatic heterocycles. The number of carbonyl (C=O) groups is 2. The molecule has 1 aromatic rings. The Kier molecular flexibility index (Phi) is 8.63. The van der Waals surface area contributed by atoms with E-state index >= 15 is 0 Å². The molecule has 0 N–H and O–H groups in total. The lowest BCUT2D eigenvalue weighted by Crippen LogP contribution is -2.68. The number of benzene rings is 1. The minimum atomic E-state index is -4.94. The van der Waals surface area contributed by atoms with Crippen molar-refractivity contribution in [1.29, 1.82) is 0 Å². The van der Waals surface area contributed by atoms with E-state index in [-0.39, 0.29) is 22.8 Å². The second-order valence-electron chi connectivity index (χ2n) is 5.14. The molecule has 1 fully saturated rings. The highest BCUT2D eigenvalue weighted by Gasteiger charge is 2.29. The van der Waals surface area contributed by atoms with Gasteiger partial charge < -0.3 is 9.47 Å². The molecule has 0 aliphatic carbocycles. The molecule has 1 saturated heterocycles. The molecule has 0 unspecified atom stereocenters. The number of hydrogen-bond donors (Lipinski definition) is 0. The zero-order chi connectivity index (χ0) is 19.0. The minimum absolute atomic E-state index is 0.0703. The second-order valence-corrected chi connectivity index (χ2v) is 8.13. The lowest BCUT2D eigenvalue weighted by molar-refractivity contribution is -2.00. The summed E-state index contributed by atoms with van der Waals surface area (Å²) < 4.78 is 44.4. The van der Waals surface area contributed by atoms with Crippen LogP contribution in [0.1, 0.15) is 33.1 Å². The van der Waals surface area contributed by atoms with Crippen molar-refractivity contribution in [1.82, 2.24) is 0 Å². The van der Waals surface area contributed by atoms with Gasteiger partial charge in [-0.3, -0.25) is 9.59 Å². The van der Waals surface area contributed by atoms with E-state index in [0.29, 0.717) is 11.5 Å². The maximum Gasteiger partial charge on any atom is 0.308 e. The predicted molar refractivity (Wildman–Crippen MR) is 78.3 cm³/mol. The molecule has 0 atom stereocenters. The Morgan fingerprint density at radius 3 is 1.96 bits per heavy atom. The summed E-state index contributed by atoms with van der Waals surface area (Å²) in [5.41, 5.74) is 0. The van der Waals surface area contributed by atoms with Crippen LogP contribution in [0.4, 0.5) is 0 Å². The van der Waals surface area contributed by atoms with E-state index in [9.17, 15) is 9.59 Å². The lowest BCUT2D eigenvalue weighted by atomic mass is 10.3. The van der Waals surface area contributed by atoms with E-state index in [1.54, 1.807) is 12.1 Å². The van der Waals surface area contributed by atoms with Crippen molar-refractivity contribution in [2.75, 3.05) is 11.5 Å². The Bertz CT molecular complexity index is 590. The van der Waals surface area contributed by atoms with E-state index in [1.165, 1.54) is 33.1 Å². The van der Waals surface area contributed by atoms with Crippen molar-refractivity contribution < 1.29 is 47.9 Å². The van der Waals surface area contributed by atoms with E-state index in [0.717, 1.165) is 16.4 Å². The van der Waals surface area contributed by atoms with Gasteiger partial charge in [0.2, 0.25) is 4.90 Å². The van der Waals surface area contributed by atoms with Gasteiger partial charge in [0, 0.05) is 30.8 Å². The Labute approximate surface area is 150 Å². The molecule has 0 bridgehead atoms. The highest BCUT2D eigenvalue weighted by Crippen LogP contribution is 2.33. The number of halogens is 1.